The van der Waals surface area contributed by atoms with Crippen LogP contribution in [0.5, 0.6) is 0 Å². The van der Waals surface area contributed by atoms with Gasteiger partial charge < -0.3 is 0 Å². The van der Waals surface area contributed by atoms with Gasteiger partial charge in [-0.2, -0.15) is 0 Å². The van der Waals surface area contributed by atoms with Gasteiger partial charge in [0.2, 0.25) is 0 Å². The summed E-state index contributed by atoms with van der Waals surface area (Å²) in [7, 11) is 0. The Morgan fingerprint density at radius 1 is 1.27 bits per heavy atom. The van der Waals surface area contributed by atoms with Gasteiger partial charge in [-0.25, -0.2) is 0 Å². The van der Waals surface area contributed by atoms with Gasteiger partial charge in [0.1, 0.15) is 0 Å². The van der Waals surface area contributed by atoms with E-state index in [9.17, 15) is 0 Å². The van der Waals surface area contributed by atoms with Crippen molar-refractivity contribution in [3.05, 3.63) is 0 Å². The maximum atomic E-state index is 4.36. The first-order valence-electron chi connectivity index (χ1n) is 4.65. The first kappa shape index (κ1) is 10.7. The Bertz CT molecular complexity index is 105. The molecule has 0 rings (SSSR count). The fraction of sp³-hybridized carbons (Fsp3) is 0.900. The molecule has 0 aromatic carbocycles. The van der Waals surface area contributed by atoms with Crippen molar-refractivity contribution in [2.75, 3.05) is 6.54 Å². The van der Waals surface area contributed by atoms with E-state index in [4.69, 9.17) is 0 Å². The normalized spacial score (nSPS) is 14.6. The van der Waals surface area contributed by atoms with Gasteiger partial charge >= 0.3 is 0 Å². The summed E-state index contributed by atoms with van der Waals surface area (Å²) >= 11 is 0. The van der Waals surface area contributed by atoms with E-state index in [1.807, 2.05) is 0 Å². The lowest BCUT2D eigenvalue weighted by Gasteiger charge is -2.02. The lowest BCUT2D eigenvalue weighted by atomic mass is 10.1. The quantitative estimate of drug-likeness (QED) is 0.541. The van der Waals surface area contributed by atoms with Gasteiger partial charge in [0.05, 0.1) is 0 Å². The van der Waals surface area contributed by atoms with Crippen LogP contribution in [0.3, 0.4) is 0 Å². The van der Waals surface area contributed by atoms with Crippen LogP contribution in [0.25, 0.3) is 0 Å². The van der Waals surface area contributed by atoms with Gasteiger partial charge in [-0.05, 0) is 24.5 Å². The second-order valence-corrected chi connectivity index (χ2v) is 3.69. The molecule has 0 spiro atoms. The van der Waals surface area contributed by atoms with E-state index >= 15 is 0 Å². The van der Waals surface area contributed by atoms with Crippen LogP contribution in [0.2, 0.25) is 0 Å². The molecule has 1 atom stereocenters. The van der Waals surface area contributed by atoms with Crippen molar-refractivity contribution in [2.24, 2.45) is 16.8 Å². The molecule has 0 N–H and O–H groups in total. The fourth-order valence-corrected chi connectivity index (χ4v) is 0.669. The van der Waals surface area contributed by atoms with Gasteiger partial charge in [-0.1, -0.05) is 34.1 Å². The molecule has 0 radical (unpaired) electrons. The first-order chi connectivity index (χ1) is 5.16. The van der Waals surface area contributed by atoms with Gasteiger partial charge in [-0.3, -0.25) is 4.99 Å². The molecule has 1 nitrogen and oxygen atoms in total. The zero-order valence-electron chi connectivity index (χ0n) is 8.30. The second kappa shape index (κ2) is 6.38. The molecule has 0 bridgehead atoms. The standard InChI is InChI=1S/C10H21N/c1-5-10(4)8-11-7-6-9(2)3/h7,9-10H,5-6,8H2,1-4H3. The van der Waals surface area contributed by atoms with Gasteiger partial charge in [0.25, 0.3) is 0 Å². The molecule has 0 saturated heterocycles. The van der Waals surface area contributed by atoms with E-state index in [-0.39, 0.29) is 0 Å². The number of aliphatic imine (C=N–C) groups is 1. The Labute approximate surface area is 70.9 Å². The summed E-state index contributed by atoms with van der Waals surface area (Å²) in [6, 6.07) is 0. The van der Waals surface area contributed by atoms with Crippen LogP contribution in [0.15, 0.2) is 4.99 Å². The Morgan fingerprint density at radius 3 is 2.36 bits per heavy atom. The van der Waals surface area contributed by atoms with Crippen molar-refractivity contribution < 1.29 is 0 Å². The summed E-state index contributed by atoms with van der Waals surface area (Å²) in [5.41, 5.74) is 0. The van der Waals surface area contributed by atoms with Crippen molar-refractivity contribution in [1.82, 2.24) is 0 Å². The highest BCUT2D eigenvalue weighted by molar-refractivity contribution is 5.57. The maximum Gasteiger partial charge on any atom is 0.0410 e. The van der Waals surface area contributed by atoms with Crippen LogP contribution in [-0.4, -0.2) is 12.8 Å². The summed E-state index contributed by atoms with van der Waals surface area (Å²) < 4.78 is 0. The van der Waals surface area contributed by atoms with E-state index in [0.29, 0.717) is 0 Å². The molecule has 0 aliphatic rings. The minimum atomic E-state index is 0.746. The van der Waals surface area contributed by atoms with Crippen LogP contribution >= 0.6 is 0 Å². The minimum absolute atomic E-state index is 0.746. The molecule has 0 aliphatic carbocycles. The fourth-order valence-electron chi connectivity index (χ4n) is 0.669. The van der Waals surface area contributed by atoms with Gasteiger partial charge in [0.15, 0.2) is 0 Å². The SMILES string of the molecule is CCC(C)CN=CCC(C)C. The van der Waals surface area contributed by atoms with Crippen molar-refractivity contribution in [2.45, 2.75) is 40.5 Å². The minimum Gasteiger partial charge on any atom is -0.297 e. The summed E-state index contributed by atoms with van der Waals surface area (Å²) in [6.45, 7) is 9.89. The van der Waals surface area contributed by atoms with E-state index in [1.54, 1.807) is 0 Å². The Hall–Kier alpha value is -0.330. The largest absolute Gasteiger partial charge is 0.297 e. The third-order valence-electron chi connectivity index (χ3n) is 1.82. The molecular weight excluding hydrogens is 134 g/mol. The number of hydrogen-bond acceptors (Lipinski definition) is 1. The summed E-state index contributed by atoms with van der Waals surface area (Å²) in [5, 5.41) is 0. The highest BCUT2D eigenvalue weighted by atomic mass is 14.7. The average molecular weight is 155 g/mol. The smallest absolute Gasteiger partial charge is 0.0410 e. The molecule has 66 valence electrons. The van der Waals surface area contributed by atoms with E-state index in [0.717, 1.165) is 24.8 Å². The summed E-state index contributed by atoms with van der Waals surface area (Å²) in [5.74, 6) is 1.49. The molecule has 0 saturated carbocycles. The van der Waals surface area contributed by atoms with Crippen LogP contribution in [0, 0.1) is 11.8 Å². The molecule has 1 unspecified atom stereocenters. The Kier molecular flexibility index (Phi) is 6.19. The summed E-state index contributed by atoms with van der Waals surface area (Å²) in [4.78, 5) is 4.36. The molecule has 0 aromatic heterocycles. The van der Waals surface area contributed by atoms with E-state index in [2.05, 4.69) is 38.9 Å². The van der Waals surface area contributed by atoms with Crippen LogP contribution in [-0.2, 0) is 0 Å². The highest BCUT2D eigenvalue weighted by Gasteiger charge is 1.94. The second-order valence-electron chi connectivity index (χ2n) is 3.69. The lowest BCUT2D eigenvalue weighted by molar-refractivity contribution is 0.576. The Morgan fingerprint density at radius 2 is 1.91 bits per heavy atom. The third-order valence-corrected chi connectivity index (χ3v) is 1.82. The monoisotopic (exact) mass is 155 g/mol. The number of hydrogen-bond donors (Lipinski definition) is 0. The number of rotatable bonds is 5. The molecule has 0 aliphatic heterocycles. The molecule has 0 fully saturated rings. The van der Waals surface area contributed by atoms with E-state index < -0.39 is 0 Å². The zero-order valence-corrected chi connectivity index (χ0v) is 8.30. The van der Waals surface area contributed by atoms with Crippen molar-refractivity contribution in [1.29, 1.82) is 0 Å². The maximum absolute atomic E-state index is 4.36. The van der Waals surface area contributed by atoms with Crippen LogP contribution in [0.1, 0.15) is 40.5 Å². The predicted molar refractivity (Wildman–Crippen MR) is 52.3 cm³/mol. The molecule has 11 heavy (non-hydrogen) atoms. The predicted octanol–water partition coefficient (Wildman–Crippen LogP) is 3.15. The first-order valence-corrected chi connectivity index (χ1v) is 4.65. The van der Waals surface area contributed by atoms with E-state index in [1.165, 1.54) is 6.42 Å². The Balaban J connectivity index is 3.29. The van der Waals surface area contributed by atoms with Crippen molar-refractivity contribution in [3.8, 4) is 0 Å². The molecule has 1 heteroatoms. The van der Waals surface area contributed by atoms with Crippen molar-refractivity contribution in [3.63, 3.8) is 0 Å². The zero-order chi connectivity index (χ0) is 8.69. The summed E-state index contributed by atoms with van der Waals surface area (Å²) in [6.07, 6.45) is 4.42. The topological polar surface area (TPSA) is 12.4 Å². The van der Waals surface area contributed by atoms with Crippen LogP contribution in [0.4, 0.5) is 0 Å². The average Bonchev–Trinajstić information content (AvgIpc) is 1.97. The molecular formula is C10H21N. The number of nitrogens with zero attached hydrogens (tertiary/aromatic N) is 1. The van der Waals surface area contributed by atoms with Gasteiger partial charge in [-0.15, -0.1) is 0 Å². The van der Waals surface area contributed by atoms with Crippen molar-refractivity contribution >= 4 is 6.21 Å². The lowest BCUT2D eigenvalue weighted by Crippen LogP contribution is -1.97. The van der Waals surface area contributed by atoms with Crippen LogP contribution < -0.4 is 0 Å². The molecule has 0 aromatic rings. The third kappa shape index (κ3) is 7.57. The van der Waals surface area contributed by atoms with Gasteiger partial charge in [0, 0.05) is 6.54 Å². The highest BCUT2D eigenvalue weighted by Crippen LogP contribution is 2.00. The molecule has 0 heterocycles. The molecule has 0 amide bonds.